The SMILES string of the molecule is C[C@@H]1O[C@H](O)C[C@H](OC(=O)c2ccccc2)[C@H]1OC(=O)c1ccccc1. The molecule has 0 saturated carbocycles. The second-order valence-corrected chi connectivity index (χ2v) is 6.08. The maximum absolute atomic E-state index is 12.4. The van der Waals surface area contributed by atoms with E-state index in [1.165, 1.54) is 0 Å². The van der Waals surface area contributed by atoms with Gasteiger partial charge in [0, 0.05) is 6.42 Å². The Kier molecular flexibility index (Phi) is 5.65. The van der Waals surface area contributed by atoms with E-state index in [1.54, 1.807) is 67.6 Å². The van der Waals surface area contributed by atoms with E-state index < -0.39 is 36.5 Å². The minimum absolute atomic E-state index is 0.0235. The van der Waals surface area contributed by atoms with Gasteiger partial charge in [-0.2, -0.15) is 0 Å². The van der Waals surface area contributed by atoms with Crippen LogP contribution in [0.5, 0.6) is 0 Å². The zero-order valence-corrected chi connectivity index (χ0v) is 14.3. The number of rotatable bonds is 4. The maximum Gasteiger partial charge on any atom is 0.338 e. The maximum atomic E-state index is 12.4. The second kappa shape index (κ2) is 8.12. The molecule has 26 heavy (non-hydrogen) atoms. The predicted octanol–water partition coefficient (Wildman–Crippen LogP) is 2.56. The zero-order chi connectivity index (χ0) is 18.5. The Bertz CT molecular complexity index is 745. The summed E-state index contributed by atoms with van der Waals surface area (Å²) in [7, 11) is 0. The van der Waals surface area contributed by atoms with Crippen molar-refractivity contribution < 1.29 is 28.9 Å². The average molecular weight is 356 g/mol. The van der Waals surface area contributed by atoms with Gasteiger partial charge in [-0.05, 0) is 31.2 Å². The van der Waals surface area contributed by atoms with Crippen LogP contribution in [0.3, 0.4) is 0 Å². The highest BCUT2D eigenvalue weighted by atomic mass is 16.7. The summed E-state index contributed by atoms with van der Waals surface area (Å²) in [5, 5.41) is 9.85. The Morgan fingerprint density at radius 1 is 0.923 bits per heavy atom. The first kappa shape index (κ1) is 18.1. The molecule has 4 atom stereocenters. The molecule has 2 aromatic rings. The molecule has 0 aliphatic carbocycles. The number of aliphatic hydroxyl groups is 1. The third-order valence-corrected chi connectivity index (χ3v) is 4.16. The Labute approximate surface area is 151 Å². The monoisotopic (exact) mass is 356 g/mol. The van der Waals surface area contributed by atoms with Crippen LogP contribution in [0.25, 0.3) is 0 Å². The van der Waals surface area contributed by atoms with Gasteiger partial charge in [-0.3, -0.25) is 0 Å². The fraction of sp³-hybridized carbons (Fsp3) is 0.300. The van der Waals surface area contributed by atoms with Gasteiger partial charge in [0.15, 0.2) is 12.4 Å². The van der Waals surface area contributed by atoms with Gasteiger partial charge >= 0.3 is 11.9 Å². The van der Waals surface area contributed by atoms with Gasteiger partial charge in [-0.25, -0.2) is 9.59 Å². The molecule has 0 aromatic heterocycles. The Morgan fingerprint density at radius 3 is 1.96 bits per heavy atom. The summed E-state index contributed by atoms with van der Waals surface area (Å²) in [6.07, 6.45) is -3.33. The van der Waals surface area contributed by atoms with E-state index in [0.717, 1.165) is 0 Å². The molecule has 0 radical (unpaired) electrons. The minimum atomic E-state index is -1.09. The first-order valence-electron chi connectivity index (χ1n) is 8.40. The number of hydrogen-bond donors (Lipinski definition) is 1. The van der Waals surface area contributed by atoms with Crippen LogP contribution in [0.15, 0.2) is 60.7 Å². The van der Waals surface area contributed by atoms with Gasteiger partial charge < -0.3 is 19.3 Å². The van der Waals surface area contributed by atoms with E-state index in [9.17, 15) is 14.7 Å². The molecule has 0 spiro atoms. The van der Waals surface area contributed by atoms with E-state index in [4.69, 9.17) is 14.2 Å². The van der Waals surface area contributed by atoms with Crippen LogP contribution in [-0.4, -0.2) is 41.6 Å². The molecule has 0 unspecified atom stereocenters. The summed E-state index contributed by atoms with van der Waals surface area (Å²) >= 11 is 0. The highest BCUT2D eigenvalue weighted by Gasteiger charge is 2.41. The molecule has 0 bridgehead atoms. The van der Waals surface area contributed by atoms with Crippen molar-refractivity contribution in [3.63, 3.8) is 0 Å². The number of hydrogen-bond acceptors (Lipinski definition) is 6. The Morgan fingerprint density at radius 2 is 1.42 bits per heavy atom. The lowest BCUT2D eigenvalue weighted by atomic mass is 10.0. The normalized spacial score (nSPS) is 25.3. The van der Waals surface area contributed by atoms with Gasteiger partial charge in [0.2, 0.25) is 0 Å². The lowest BCUT2D eigenvalue weighted by molar-refractivity contribution is -0.226. The van der Waals surface area contributed by atoms with Crippen molar-refractivity contribution in [2.75, 3.05) is 0 Å². The number of ether oxygens (including phenoxy) is 3. The molecule has 6 nitrogen and oxygen atoms in total. The summed E-state index contributed by atoms with van der Waals surface area (Å²) in [4.78, 5) is 24.7. The van der Waals surface area contributed by atoms with E-state index in [2.05, 4.69) is 0 Å². The summed E-state index contributed by atoms with van der Waals surface area (Å²) in [5.74, 6) is -1.08. The lowest BCUT2D eigenvalue weighted by Gasteiger charge is -2.37. The summed E-state index contributed by atoms with van der Waals surface area (Å²) in [6, 6.07) is 17.0. The number of benzene rings is 2. The molecule has 2 aromatic carbocycles. The lowest BCUT2D eigenvalue weighted by Crippen LogP contribution is -2.51. The Hall–Kier alpha value is -2.70. The highest BCUT2D eigenvalue weighted by Crippen LogP contribution is 2.26. The molecule has 1 aliphatic rings. The fourth-order valence-corrected chi connectivity index (χ4v) is 2.85. The first-order valence-corrected chi connectivity index (χ1v) is 8.40. The van der Waals surface area contributed by atoms with E-state index in [1.807, 2.05) is 0 Å². The molecular formula is C20H20O6. The number of carbonyl (C=O) groups is 2. The smallest absolute Gasteiger partial charge is 0.338 e. The van der Waals surface area contributed by atoms with Crippen LogP contribution < -0.4 is 0 Å². The standard InChI is InChI=1S/C20H20O6/c1-13-18(26-20(23)15-10-6-3-7-11-15)16(12-17(21)24-13)25-19(22)14-8-4-2-5-9-14/h2-11,13,16-18,21H,12H2,1H3/t13-,16-,17-,18-/m0/s1. The van der Waals surface area contributed by atoms with Gasteiger partial charge in [0.25, 0.3) is 0 Å². The van der Waals surface area contributed by atoms with Crippen LogP contribution in [0.4, 0.5) is 0 Å². The van der Waals surface area contributed by atoms with Gasteiger partial charge in [-0.15, -0.1) is 0 Å². The van der Waals surface area contributed by atoms with Crippen LogP contribution >= 0.6 is 0 Å². The minimum Gasteiger partial charge on any atom is -0.455 e. The molecule has 1 N–H and O–H groups in total. The van der Waals surface area contributed by atoms with Crippen molar-refractivity contribution in [3.8, 4) is 0 Å². The highest BCUT2D eigenvalue weighted by molar-refractivity contribution is 5.90. The predicted molar refractivity (Wildman–Crippen MR) is 92.5 cm³/mol. The molecule has 3 rings (SSSR count). The van der Waals surface area contributed by atoms with Crippen molar-refractivity contribution in [2.24, 2.45) is 0 Å². The van der Waals surface area contributed by atoms with Crippen molar-refractivity contribution in [2.45, 2.75) is 37.9 Å². The van der Waals surface area contributed by atoms with Gasteiger partial charge in [0.05, 0.1) is 17.2 Å². The topological polar surface area (TPSA) is 82.1 Å². The molecule has 6 heteroatoms. The van der Waals surface area contributed by atoms with Gasteiger partial charge in [-0.1, -0.05) is 36.4 Å². The third-order valence-electron chi connectivity index (χ3n) is 4.16. The Balaban J connectivity index is 1.74. The quantitative estimate of drug-likeness (QED) is 0.848. The first-order chi connectivity index (χ1) is 12.5. The molecule has 136 valence electrons. The molecule has 1 heterocycles. The van der Waals surface area contributed by atoms with Crippen molar-refractivity contribution >= 4 is 11.9 Å². The number of aliphatic hydroxyl groups excluding tert-OH is 1. The molecule has 1 aliphatic heterocycles. The van der Waals surface area contributed by atoms with Crippen molar-refractivity contribution in [1.29, 1.82) is 0 Å². The number of esters is 2. The molecule has 0 amide bonds. The van der Waals surface area contributed by atoms with Crippen molar-refractivity contribution in [1.82, 2.24) is 0 Å². The van der Waals surface area contributed by atoms with Crippen LogP contribution in [0, 0.1) is 0 Å². The number of carbonyl (C=O) groups excluding carboxylic acids is 2. The second-order valence-electron chi connectivity index (χ2n) is 6.08. The van der Waals surface area contributed by atoms with Crippen LogP contribution in [0.1, 0.15) is 34.1 Å². The largest absolute Gasteiger partial charge is 0.455 e. The summed E-state index contributed by atoms with van der Waals surface area (Å²) < 4.78 is 16.4. The van der Waals surface area contributed by atoms with Gasteiger partial charge in [0.1, 0.15) is 6.10 Å². The fourth-order valence-electron chi connectivity index (χ4n) is 2.85. The van der Waals surface area contributed by atoms with E-state index >= 15 is 0 Å². The van der Waals surface area contributed by atoms with E-state index in [0.29, 0.717) is 11.1 Å². The molecule has 1 saturated heterocycles. The van der Waals surface area contributed by atoms with Crippen LogP contribution in [-0.2, 0) is 14.2 Å². The zero-order valence-electron chi connectivity index (χ0n) is 14.3. The molecule has 1 fully saturated rings. The third kappa shape index (κ3) is 4.28. The van der Waals surface area contributed by atoms with Crippen molar-refractivity contribution in [3.05, 3.63) is 71.8 Å². The molecular weight excluding hydrogens is 336 g/mol. The van der Waals surface area contributed by atoms with Crippen LogP contribution in [0.2, 0.25) is 0 Å². The summed E-state index contributed by atoms with van der Waals surface area (Å²) in [5.41, 5.74) is 0.772. The van der Waals surface area contributed by atoms with E-state index in [-0.39, 0.29) is 6.42 Å². The summed E-state index contributed by atoms with van der Waals surface area (Å²) in [6.45, 7) is 1.66. The average Bonchev–Trinajstić information content (AvgIpc) is 2.65.